The van der Waals surface area contributed by atoms with Crippen molar-refractivity contribution in [3.05, 3.63) is 155 Å². The van der Waals surface area contributed by atoms with Gasteiger partial charge in [0.1, 0.15) is 22.7 Å². The quantitative estimate of drug-likeness (QED) is 0.140. The predicted molar refractivity (Wildman–Crippen MR) is 177 cm³/mol. The number of rotatable bonds is 9. The van der Waals surface area contributed by atoms with Crippen molar-refractivity contribution in [2.45, 2.75) is 56.2 Å². The van der Waals surface area contributed by atoms with Crippen LogP contribution in [0, 0.1) is 0 Å². The van der Waals surface area contributed by atoms with Crippen molar-refractivity contribution in [3.8, 4) is 0 Å². The van der Waals surface area contributed by atoms with Crippen molar-refractivity contribution >= 4 is 22.7 Å². The number of nitrogens with one attached hydrogen (secondary N) is 1. The summed E-state index contributed by atoms with van der Waals surface area (Å²) in [5.41, 5.74) is 3.19. The third-order valence-corrected chi connectivity index (χ3v) is 10.0. The zero-order valence-corrected chi connectivity index (χ0v) is 26.6. The number of hydrogen-bond acceptors (Lipinski definition) is 5. The summed E-state index contributed by atoms with van der Waals surface area (Å²) in [7, 11) is -1.45. The maximum atomic E-state index is 14.3. The monoisotopic (exact) mass is 618 g/mol. The van der Waals surface area contributed by atoms with Crippen LogP contribution in [0.25, 0.3) is 0 Å². The number of carbonyl (C=O) groups is 2. The minimum atomic E-state index is -1.45. The summed E-state index contributed by atoms with van der Waals surface area (Å²) in [6.45, 7) is 5.43. The van der Waals surface area contributed by atoms with Gasteiger partial charge >= 0.3 is 5.97 Å². The highest BCUT2D eigenvalue weighted by atomic mass is 32.2. The number of esters is 1. The number of hydrogen-bond donors (Lipinski definition) is 1. The van der Waals surface area contributed by atoms with E-state index in [1.807, 2.05) is 142 Å². The molecule has 230 valence electrons. The molecule has 0 spiro atoms. The lowest BCUT2D eigenvalue weighted by Crippen LogP contribution is -2.75. The van der Waals surface area contributed by atoms with Gasteiger partial charge in [-0.1, -0.05) is 121 Å². The summed E-state index contributed by atoms with van der Waals surface area (Å²) in [6.07, 6.45) is 1.16. The van der Waals surface area contributed by atoms with E-state index in [1.54, 1.807) is 0 Å². The summed E-state index contributed by atoms with van der Waals surface area (Å²) in [5, 5.41) is 2.99. The molecule has 0 radical (unpaired) electrons. The SMILES string of the molecule is CC(C)(C)OC(=O)C1=C(CCc2ccccc2)CS(=O)[C@@H]2C(NC(c3ccccc3)(c3ccccc3)c3ccccc3)C(=O)N12. The Bertz CT molecular complexity index is 1620. The first-order valence-electron chi connectivity index (χ1n) is 15.3. The fraction of sp³-hybridized carbons (Fsp3) is 0.263. The third kappa shape index (κ3) is 6.02. The van der Waals surface area contributed by atoms with E-state index in [0.29, 0.717) is 18.4 Å². The van der Waals surface area contributed by atoms with E-state index in [9.17, 15) is 13.8 Å². The van der Waals surface area contributed by atoms with Crippen molar-refractivity contribution in [1.29, 1.82) is 0 Å². The van der Waals surface area contributed by atoms with Crippen molar-refractivity contribution in [2.24, 2.45) is 0 Å². The molecule has 1 N–H and O–H groups in total. The van der Waals surface area contributed by atoms with Gasteiger partial charge in [0.2, 0.25) is 5.91 Å². The molecule has 2 unspecified atom stereocenters. The third-order valence-electron chi connectivity index (χ3n) is 8.35. The summed E-state index contributed by atoms with van der Waals surface area (Å²) < 4.78 is 19.9. The lowest BCUT2D eigenvalue weighted by molar-refractivity contribution is -0.159. The van der Waals surface area contributed by atoms with Crippen LogP contribution in [-0.4, -0.2) is 43.8 Å². The van der Waals surface area contributed by atoms with E-state index < -0.39 is 39.3 Å². The first kappa shape index (κ1) is 30.7. The van der Waals surface area contributed by atoms with Gasteiger partial charge < -0.3 is 4.74 Å². The Labute approximate surface area is 267 Å². The van der Waals surface area contributed by atoms with Crippen molar-refractivity contribution in [2.75, 3.05) is 5.75 Å². The van der Waals surface area contributed by atoms with E-state index >= 15 is 0 Å². The van der Waals surface area contributed by atoms with Crippen LogP contribution in [0.2, 0.25) is 0 Å². The molecule has 4 aromatic carbocycles. The molecule has 2 aliphatic rings. The smallest absolute Gasteiger partial charge is 0.355 e. The Morgan fingerprint density at radius 3 is 1.71 bits per heavy atom. The number of fused-ring (bicyclic) bond motifs is 1. The van der Waals surface area contributed by atoms with Crippen LogP contribution in [0.3, 0.4) is 0 Å². The highest BCUT2D eigenvalue weighted by Crippen LogP contribution is 2.43. The topological polar surface area (TPSA) is 75.7 Å². The number of β-lactam (4-membered cyclic amide) rings is 1. The number of benzene rings is 4. The summed E-state index contributed by atoms with van der Waals surface area (Å²) >= 11 is 0. The van der Waals surface area contributed by atoms with Gasteiger partial charge in [-0.2, -0.15) is 0 Å². The molecule has 0 bridgehead atoms. The average molecular weight is 619 g/mol. The second-order valence-corrected chi connectivity index (χ2v) is 14.1. The minimum Gasteiger partial charge on any atom is -0.455 e. The Balaban J connectivity index is 1.42. The van der Waals surface area contributed by atoms with Crippen LogP contribution < -0.4 is 5.32 Å². The Morgan fingerprint density at radius 1 is 0.778 bits per heavy atom. The Hall–Kier alpha value is -4.33. The number of ether oxygens (including phenoxy) is 1. The molecule has 7 heteroatoms. The van der Waals surface area contributed by atoms with E-state index in [1.165, 1.54) is 4.90 Å². The van der Waals surface area contributed by atoms with E-state index in [0.717, 1.165) is 22.3 Å². The number of amides is 1. The summed E-state index contributed by atoms with van der Waals surface area (Å²) in [5.74, 6) is -0.652. The van der Waals surface area contributed by atoms with Gasteiger partial charge in [0.25, 0.3) is 0 Å². The second-order valence-electron chi connectivity index (χ2n) is 12.5. The summed E-state index contributed by atoms with van der Waals surface area (Å²) in [6, 6.07) is 39.2. The van der Waals surface area contributed by atoms with Gasteiger partial charge in [-0.25, -0.2) is 4.79 Å². The molecule has 1 saturated heterocycles. The molecule has 2 aliphatic heterocycles. The van der Waals surface area contributed by atoms with E-state index in [2.05, 4.69) is 5.32 Å². The van der Waals surface area contributed by atoms with Gasteiger partial charge in [-0.15, -0.1) is 0 Å². The van der Waals surface area contributed by atoms with Crippen LogP contribution in [0.4, 0.5) is 0 Å². The second kappa shape index (κ2) is 12.6. The predicted octanol–water partition coefficient (Wildman–Crippen LogP) is 6.10. The van der Waals surface area contributed by atoms with E-state index in [-0.39, 0.29) is 17.4 Å². The number of aryl methyl sites for hydroxylation is 1. The standard InChI is InChI=1S/C38H38N2O4S/c1-37(2,3)44-36(42)33-28(25-24-27-16-8-4-9-17-27)26-45(43)35-32(34(41)40(33)35)39-38(29-18-10-5-11-19-29,30-20-12-6-13-21-30)31-22-14-7-15-23-31/h4-23,32,35,39H,24-26H2,1-3H3/t32?,35-,45?/m1/s1. The molecule has 2 heterocycles. The maximum absolute atomic E-state index is 14.3. The zero-order valence-electron chi connectivity index (χ0n) is 25.8. The number of carbonyl (C=O) groups excluding carboxylic acids is 2. The van der Waals surface area contributed by atoms with Crippen molar-refractivity contribution in [1.82, 2.24) is 10.2 Å². The lowest BCUT2D eigenvalue weighted by Gasteiger charge is -2.53. The van der Waals surface area contributed by atoms with Crippen LogP contribution in [-0.2, 0) is 37.1 Å². The molecule has 0 saturated carbocycles. The summed E-state index contributed by atoms with van der Waals surface area (Å²) in [4.78, 5) is 29.5. The molecule has 0 aliphatic carbocycles. The fourth-order valence-electron chi connectivity index (χ4n) is 6.35. The van der Waals surface area contributed by atoms with Gasteiger partial charge in [-0.05, 0) is 61.4 Å². The van der Waals surface area contributed by atoms with Crippen LogP contribution in [0.5, 0.6) is 0 Å². The Morgan fingerprint density at radius 2 is 1.24 bits per heavy atom. The zero-order chi connectivity index (χ0) is 31.6. The van der Waals surface area contributed by atoms with Gasteiger partial charge in [0.15, 0.2) is 0 Å². The molecular formula is C38H38N2O4S. The molecular weight excluding hydrogens is 580 g/mol. The van der Waals surface area contributed by atoms with Gasteiger partial charge in [0.05, 0.1) is 16.3 Å². The van der Waals surface area contributed by atoms with Crippen LogP contribution in [0.1, 0.15) is 49.4 Å². The molecule has 3 atom stereocenters. The van der Waals surface area contributed by atoms with Crippen LogP contribution in [0.15, 0.2) is 133 Å². The highest BCUT2D eigenvalue weighted by molar-refractivity contribution is 7.86. The fourth-order valence-corrected chi connectivity index (χ4v) is 8.07. The maximum Gasteiger partial charge on any atom is 0.355 e. The molecule has 1 amide bonds. The van der Waals surface area contributed by atoms with Crippen molar-refractivity contribution in [3.63, 3.8) is 0 Å². The van der Waals surface area contributed by atoms with Crippen molar-refractivity contribution < 1.29 is 18.5 Å². The van der Waals surface area contributed by atoms with Crippen LogP contribution >= 0.6 is 0 Å². The highest BCUT2D eigenvalue weighted by Gasteiger charge is 2.59. The normalized spacial score (nSPS) is 19.9. The largest absolute Gasteiger partial charge is 0.455 e. The molecule has 6 rings (SSSR count). The van der Waals surface area contributed by atoms with Gasteiger partial charge in [0, 0.05) is 5.75 Å². The first-order valence-corrected chi connectivity index (χ1v) is 16.7. The average Bonchev–Trinajstić information content (AvgIpc) is 3.05. The molecule has 4 aromatic rings. The number of nitrogens with zero attached hydrogens (tertiary/aromatic N) is 1. The minimum absolute atomic E-state index is 0.197. The molecule has 6 nitrogen and oxygen atoms in total. The van der Waals surface area contributed by atoms with Gasteiger partial charge in [-0.3, -0.25) is 19.2 Å². The molecule has 1 fully saturated rings. The Kier molecular flexibility index (Phi) is 8.58. The van der Waals surface area contributed by atoms with E-state index in [4.69, 9.17) is 4.74 Å². The molecule has 0 aromatic heterocycles. The first-order chi connectivity index (χ1) is 21.7. The lowest BCUT2D eigenvalue weighted by atomic mass is 9.76. The molecule has 45 heavy (non-hydrogen) atoms.